The van der Waals surface area contributed by atoms with Gasteiger partial charge in [0, 0.05) is 5.56 Å². The van der Waals surface area contributed by atoms with Gasteiger partial charge in [0.25, 0.3) is 0 Å². The van der Waals surface area contributed by atoms with Crippen molar-refractivity contribution in [2.75, 3.05) is 13.2 Å². The van der Waals surface area contributed by atoms with E-state index >= 15 is 0 Å². The maximum atomic E-state index is 13.5. The topological polar surface area (TPSA) is 106 Å². The van der Waals surface area contributed by atoms with Gasteiger partial charge in [0.1, 0.15) is 18.2 Å². The molecule has 2 aromatic carbocycles. The Morgan fingerprint density at radius 2 is 1.90 bits per heavy atom. The molecule has 7 nitrogen and oxygen atoms in total. The molecule has 1 aromatic heterocycles. The number of carbonyl (C=O) groups is 1. The van der Waals surface area contributed by atoms with Crippen LogP contribution in [-0.4, -0.2) is 35.5 Å². The minimum Gasteiger partial charge on any atom is -0.502 e. The van der Waals surface area contributed by atoms with Gasteiger partial charge in [-0.05, 0) is 49.2 Å². The maximum absolute atomic E-state index is 13.5. The molecule has 4 rings (SSSR count). The van der Waals surface area contributed by atoms with Crippen molar-refractivity contribution in [3.8, 4) is 22.8 Å². The molecule has 31 heavy (non-hydrogen) atoms. The maximum Gasteiger partial charge on any atom is 0.306 e. The quantitative estimate of drug-likeness (QED) is 0.521. The molecule has 0 saturated heterocycles. The summed E-state index contributed by atoms with van der Waals surface area (Å²) in [5, 5.41) is 18.9. The zero-order chi connectivity index (χ0) is 22.1. The van der Waals surface area contributed by atoms with Crippen molar-refractivity contribution < 1.29 is 33.3 Å². The average molecular weight is 449 g/mol. The van der Waals surface area contributed by atoms with Crippen LogP contribution in [0.2, 0.25) is 5.02 Å². The van der Waals surface area contributed by atoms with Gasteiger partial charge in [0.05, 0.1) is 29.0 Å². The second-order valence-electron chi connectivity index (χ2n) is 7.25. The molecule has 9 heteroatoms. The van der Waals surface area contributed by atoms with Crippen molar-refractivity contribution in [2.24, 2.45) is 5.92 Å². The van der Waals surface area contributed by atoms with Crippen LogP contribution in [0.1, 0.15) is 12.8 Å². The van der Waals surface area contributed by atoms with E-state index in [9.17, 15) is 19.1 Å². The van der Waals surface area contributed by atoms with E-state index in [1.807, 2.05) is 0 Å². The smallest absolute Gasteiger partial charge is 0.306 e. The van der Waals surface area contributed by atoms with Crippen LogP contribution >= 0.6 is 11.6 Å². The van der Waals surface area contributed by atoms with E-state index in [-0.39, 0.29) is 40.4 Å². The van der Waals surface area contributed by atoms with E-state index in [2.05, 4.69) is 0 Å². The molecule has 1 saturated carbocycles. The van der Waals surface area contributed by atoms with Gasteiger partial charge in [-0.25, -0.2) is 4.39 Å². The zero-order valence-corrected chi connectivity index (χ0v) is 16.9. The lowest BCUT2D eigenvalue weighted by molar-refractivity contribution is -0.151. The van der Waals surface area contributed by atoms with Crippen LogP contribution in [-0.2, 0) is 9.53 Å². The predicted molar refractivity (Wildman–Crippen MR) is 110 cm³/mol. The number of fused-ring (bicyclic) bond motifs is 1. The highest BCUT2D eigenvalue weighted by Crippen LogP contribution is 2.34. The molecule has 1 aliphatic rings. The lowest BCUT2D eigenvalue weighted by Gasteiger charge is -2.31. The van der Waals surface area contributed by atoms with E-state index in [1.54, 1.807) is 24.3 Å². The van der Waals surface area contributed by atoms with Gasteiger partial charge in [-0.15, -0.1) is 0 Å². The number of benzene rings is 2. The second-order valence-corrected chi connectivity index (χ2v) is 7.65. The first-order valence-corrected chi connectivity index (χ1v) is 9.93. The van der Waals surface area contributed by atoms with Crippen LogP contribution < -0.4 is 10.2 Å². The van der Waals surface area contributed by atoms with Crippen molar-refractivity contribution >= 4 is 28.5 Å². The first-order valence-electron chi connectivity index (χ1n) is 9.56. The third kappa shape index (κ3) is 4.35. The Labute approximate surface area is 180 Å². The summed E-state index contributed by atoms with van der Waals surface area (Å²) in [5.41, 5.74) is -0.384. The minimum absolute atomic E-state index is 0.0144. The summed E-state index contributed by atoms with van der Waals surface area (Å²) in [7, 11) is 0. The zero-order valence-electron chi connectivity index (χ0n) is 16.1. The minimum atomic E-state index is -0.793. The van der Waals surface area contributed by atoms with Crippen LogP contribution in [0.5, 0.6) is 11.5 Å². The van der Waals surface area contributed by atoms with E-state index in [1.165, 1.54) is 0 Å². The summed E-state index contributed by atoms with van der Waals surface area (Å²) in [6, 6.07) is 8.45. The summed E-state index contributed by atoms with van der Waals surface area (Å²) >= 11 is 5.99. The number of ether oxygens (including phenoxy) is 2. The SMILES string of the molecule is O=C(O)C1CC(OCCOc2ccc(-c3oc4c(Cl)cc(F)cc4c(=O)c3O)cc2)C1. The molecular weight excluding hydrogens is 431 g/mol. The molecule has 0 bridgehead atoms. The van der Waals surface area contributed by atoms with E-state index in [0.29, 0.717) is 30.8 Å². The van der Waals surface area contributed by atoms with Gasteiger partial charge in [-0.2, -0.15) is 0 Å². The highest BCUT2D eigenvalue weighted by molar-refractivity contribution is 6.34. The van der Waals surface area contributed by atoms with Gasteiger partial charge in [-0.1, -0.05) is 11.6 Å². The molecular formula is C22H18ClFO7. The first-order chi connectivity index (χ1) is 14.8. The highest BCUT2D eigenvalue weighted by atomic mass is 35.5. The van der Waals surface area contributed by atoms with Crippen molar-refractivity contribution in [3.63, 3.8) is 0 Å². The summed E-state index contributed by atoms with van der Waals surface area (Å²) in [5.74, 6) is -2.01. The Balaban J connectivity index is 1.41. The normalized spacial score (nSPS) is 18.0. The number of carboxylic acids is 1. The molecule has 0 amide bonds. The van der Waals surface area contributed by atoms with Gasteiger partial charge >= 0.3 is 5.97 Å². The molecule has 0 unspecified atom stereocenters. The van der Waals surface area contributed by atoms with Crippen molar-refractivity contribution in [1.29, 1.82) is 0 Å². The highest BCUT2D eigenvalue weighted by Gasteiger charge is 2.34. The number of carboxylic acid groups (broad SMARTS) is 1. The van der Waals surface area contributed by atoms with Crippen molar-refractivity contribution in [1.82, 2.24) is 0 Å². The number of aromatic hydroxyl groups is 1. The van der Waals surface area contributed by atoms with Crippen LogP contribution in [0, 0.1) is 11.7 Å². The lowest BCUT2D eigenvalue weighted by atomic mass is 9.82. The molecule has 0 radical (unpaired) electrons. The molecule has 1 aliphatic carbocycles. The number of hydrogen-bond donors (Lipinski definition) is 2. The van der Waals surface area contributed by atoms with Crippen LogP contribution in [0.3, 0.4) is 0 Å². The fraction of sp³-hybridized carbons (Fsp3) is 0.273. The molecule has 2 N–H and O–H groups in total. The molecule has 1 heterocycles. The number of aliphatic carboxylic acids is 1. The number of rotatable bonds is 7. The molecule has 3 aromatic rings. The molecule has 0 spiro atoms. The third-order valence-electron chi connectivity index (χ3n) is 5.15. The molecule has 1 fully saturated rings. The van der Waals surface area contributed by atoms with Crippen LogP contribution in [0.25, 0.3) is 22.3 Å². The Hall–Kier alpha value is -3.10. The average Bonchev–Trinajstić information content (AvgIpc) is 2.69. The van der Waals surface area contributed by atoms with Gasteiger partial charge in [-0.3, -0.25) is 9.59 Å². The van der Waals surface area contributed by atoms with Gasteiger partial charge in [0.2, 0.25) is 11.2 Å². The number of halogens is 2. The van der Waals surface area contributed by atoms with E-state index in [4.69, 9.17) is 30.6 Å². The summed E-state index contributed by atoms with van der Waals surface area (Å²) in [4.78, 5) is 23.2. The summed E-state index contributed by atoms with van der Waals surface area (Å²) in [6.07, 6.45) is 0.980. The first kappa shape index (κ1) is 21.1. The van der Waals surface area contributed by atoms with E-state index < -0.39 is 23.0 Å². The van der Waals surface area contributed by atoms with Crippen molar-refractivity contribution in [3.05, 3.63) is 57.5 Å². The standard InChI is InChI=1S/C22H18ClFO7/c23-17-10-13(24)9-16-18(25)19(26)20(31-21(16)17)11-1-3-14(4-2-11)29-5-6-30-15-7-12(8-15)22(27)28/h1-4,9-10,12,15,26H,5-8H2,(H,27,28). The Bertz CT molecular complexity index is 1180. The fourth-order valence-corrected chi connectivity index (χ4v) is 3.63. The van der Waals surface area contributed by atoms with Crippen LogP contribution in [0.15, 0.2) is 45.6 Å². The lowest BCUT2D eigenvalue weighted by Crippen LogP contribution is -2.36. The summed E-state index contributed by atoms with van der Waals surface area (Å²) < 4.78 is 30.3. The van der Waals surface area contributed by atoms with E-state index in [0.717, 1.165) is 12.1 Å². The Morgan fingerprint density at radius 1 is 1.19 bits per heavy atom. The van der Waals surface area contributed by atoms with Gasteiger partial charge < -0.3 is 24.1 Å². The largest absolute Gasteiger partial charge is 0.502 e. The second kappa shape index (κ2) is 8.56. The Morgan fingerprint density at radius 3 is 2.58 bits per heavy atom. The molecule has 0 atom stereocenters. The number of hydrogen-bond acceptors (Lipinski definition) is 6. The fourth-order valence-electron chi connectivity index (χ4n) is 3.39. The van der Waals surface area contributed by atoms with Gasteiger partial charge in [0.15, 0.2) is 11.3 Å². The Kier molecular flexibility index (Phi) is 5.84. The van der Waals surface area contributed by atoms with Crippen molar-refractivity contribution in [2.45, 2.75) is 18.9 Å². The monoisotopic (exact) mass is 448 g/mol. The summed E-state index contributed by atoms with van der Waals surface area (Å²) in [6.45, 7) is 0.610. The molecule has 0 aliphatic heterocycles. The third-order valence-corrected chi connectivity index (χ3v) is 5.43. The predicted octanol–water partition coefficient (Wildman–Crippen LogP) is 4.22. The van der Waals surface area contributed by atoms with Crippen LogP contribution in [0.4, 0.5) is 4.39 Å². The molecule has 162 valence electrons.